The number of hydrogen-bond acceptors (Lipinski definition) is 3. The van der Waals surface area contributed by atoms with Crippen LogP contribution in [0, 0.1) is 5.92 Å². The summed E-state index contributed by atoms with van der Waals surface area (Å²) in [4.78, 5) is 11.5. The number of hydrogen-bond donors (Lipinski definition) is 1. The number of para-hydroxylation sites is 2. The highest BCUT2D eigenvalue weighted by atomic mass is 79.9. The van der Waals surface area contributed by atoms with Gasteiger partial charge < -0.3 is 9.47 Å². The van der Waals surface area contributed by atoms with Gasteiger partial charge in [-0.05, 0) is 12.1 Å². The summed E-state index contributed by atoms with van der Waals surface area (Å²) in [6, 6.07) is 7.19. The Balaban J connectivity index is 2.50. The van der Waals surface area contributed by atoms with Crippen molar-refractivity contribution in [2.45, 2.75) is 6.92 Å². The van der Waals surface area contributed by atoms with E-state index in [1.165, 1.54) is 0 Å². The third-order valence-corrected chi connectivity index (χ3v) is 3.21. The number of amides is 1. The molecule has 1 aromatic carbocycles. The predicted molar refractivity (Wildman–Crippen MR) is 70.9 cm³/mol. The Labute approximate surface area is 109 Å². The van der Waals surface area contributed by atoms with Crippen molar-refractivity contribution in [3.05, 3.63) is 24.3 Å². The topological polar surface area (TPSA) is 47.6 Å². The van der Waals surface area contributed by atoms with E-state index in [1.54, 1.807) is 19.2 Å². The molecule has 17 heavy (non-hydrogen) atoms. The number of ether oxygens (including phenoxy) is 2. The Morgan fingerprint density at radius 2 is 2.18 bits per heavy atom. The van der Waals surface area contributed by atoms with Crippen LogP contribution in [-0.2, 0) is 4.74 Å². The Bertz CT molecular complexity index is 371. The second-order valence-corrected chi connectivity index (χ2v) is 4.33. The molecule has 0 bridgehead atoms. The van der Waals surface area contributed by atoms with Gasteiger partial charge in [-0.2, -0.15) is 0 Å². The van der Waals surface area contributed by atoms with Crippen LogP contribution in [0.5, 0.6) is 5.75 Å². The zero-order chi connectivity index (χ0) is 12.7. The summed E-state index contributed by atoms with van der Waals surface area (Å²) in [5.41, 5.74) is 0.603. The third kappa shape index (κ3) is 4.65. The molecule has 0 heterocycles. The zero-order valence-electron chi connectivity index (χ0n) is 9.90. The second-order valence-electron chi connectivity index (χ2n) is 3.68. The van der Waals surface area contributed by atoms with Crippen molar-refractivity contribution in [1.29, 1.82) is 0 Å². The molecule has 0 aliphatic heterocycles. The number of halogens is 1. The molecule has 0 saturated heterocycles. The molecule has 0 aliphatic carbocycles. The first-order valence-electron chi connectivity index (χ1n) is 5.30. The standard InChI is InChI=1S/C12H16BrNO3/c1-9(7-13)8-17-12(15)14-10-5-3-4-6-11(10)16-2/h3-6,9H,7-8H2,1-2H3,(H,14,15). The van der Waals surface area contributed by atoms with Crippen molar-refractivity contribution in [1.82, 2.24) is 0 Å². The third-order valence-electron chi connectivity index (χ3n) is 2.11. The number of carbonyl (C=O) groups is 1. The summed E-state index contributed by atoms with van der Waals surface area (Å²) in [6.45, 7) is 2.37. The lowest BCUT2D eigenvalue weighted by atomic mass is 10.2. The fourth-order valence-electron chi connectivity index (χ4n) is 1.16. The van der Waals surface area contributed by atoms with E-state index in [-0.39, 0.29) is 0 Å². The Morgan fingerprint density at radius 3 is 2.82 bits per heavy atom. The largest absolute Gasteiger partial charge is 0.495 e. The van der Waals surface area contributed by atoms with Crippen LogP contribution in [0.2, 0.25) is 0 Å². The molecular weight excluding hydrogens is 286 g/mol. The highest BCUT2D eigenvalue weighted by molar-refractivity contribution is 9.09. The smallest absolute Gasteiger partial charge is 0.411 e. The van der Waals surface area contributed by atoms with E-state index in [1.807, 2.05) is 19.1 Å². The van der Waals surface area contributed by atoms with E-state index < -0.39 is 6.09 Å². The molecule has 0 fully saturated rings. The average Bonchev–Trinajstić information content (AvgIpc) is 2.36. The molecule has 1 aromatic rings. The maximum Gasteiger partial charge on any atom is 0.411 e. The van der Waals surface area contributed by atoms with Crippen LogP contribution in [0.1, 0.15) is 6.92 Å². The number of rotatable bonds is 5. The fraction of sp³-hybridized carbons (Fsp3) is 0.417. The Morgan fingerprint density at radius 1 is 1.47 bits per heavy atom. The molecule has 1 atom stereocenters. The molecule has 5 heteroatoms. The molecular formula is C12H16BrNO3. The van der Waals surface area contributed by atoms with Crippen LogP contribution in [0.4, 0.5) is 10.5 Å². The van der Waals surface area contributed by atoms with Gasteiger partial charge in [-0.3, -0.25) is 5.32 Å². The van der Waals surface area contributed by atoms with Crippen molar-refractivity contribution in [2.24, 2.45) is 5.92 Å². The summed E-state index contributed by atoms with van der Waals surface area (Å²) in [5, 5.41) is 3.44. The maximum absolute atomic E-state index is 11.5. The van der Waals surface area contributed by atoms with Crippen molar-refractivity contribution in [3.8, 4) is 5.75 Å². The number of anilines is 1. The van der Waals surface area contributed by atoms with Crippen LogP contribution in [-0.4, -0.2) is 25.1 Å². The molecule has 0 aliphatic rings. The van der Waals surface area contributed by atoms with E-state index in [2.05, 4.69) is 21.2 Å². The van der Waals surface area contributed by atoms with Gasteiger partial charge in [-0.15, -0.1) is 0 Å². The zero-order valence-corrected chi connectivity index (χ0v) is 11.5. The van der Waals surface area contributed by atoms with Gasteiger partial charge in [0.15, 0.2) is 0 Å². The van der Waals surface area contributed by atoms with Crippen molar-refractivity contribution >= 4 is 27.7 Å². The van der Waals surface area contributed by atoms with E-state index >= 15 is 0 Å². The van der Waals surface area contributed by atoms with Crippen LogP contribution in [0.3, 0.4) is 0 Å². The summed E-state index contributed by atoms with van der Waals surface area (Å²) in [6.07, 6.45) is -0.470. The van der Waals surface area contributed by atoms with Gasteiger partial charge >= 0.3 is 6.09 Å². The second kappa shape index (κ2) is 7.17. The van der Waals surface area contributed by atoms with E-state index in [0.717, 1.165) is 5.33 Å². The van der Waals surface area contributed by atoms with Gasteiger partial charge in [0.1, 0.15) is 5.75 Å². The van der Waals surface area contributed by atoms with Gasteiger partial charge in [0.25, 0.3) is 0 Å². The summed E-state index contributed by atoms with van der Waals surface area (Å²) >= 11 is 3.32. The molecule has 1 amide bonds. The van der Waals surface area contributed by atoms with Gasteiger partial charge in [-0.25, -0.2) is 4.79 Å². The molecule has 0 spiro atoms. The minimum atomic E-state index is -0.470. The molecule has 1 rings (SSSR count). The lowest BCUT2D eigenvalue weighted by Crippen LogP contribution is -2.18. The number of methoxy groups -OCH3 is 1. The maximum atomic E-state index is 11.5. The molecule has 94 valence electrons. The number of alkyl halides is 1. The molecule has 0 saturated carbocycles. The molecule has 4 nitrogen and oxygen atoms in total. The highest BCUT2D eigenvalue weighted by Crippen LogP contribution is 2.23. The molecule has 1 unspecified atom stereocenters. The first kappa shape index (κ1) is 13.8. The van der Waals surface area contributed by atoms with Crippen LogP contribution >= 0.6 is 15.9 Å². The van der Waals surface area contributed by atoms with Gasteiger partial charge in [-0.1, -0.05) is 35.0 Å². The van der Waals surface area contributed by atoms with Gasteiger partial charge in [0.05, 0.1) is 19.4 Å². The number of benzene rings is 1. The minimum Gasteiger partial charge on any atom is -0.495 e. The van der Waals surface area contributed by atoms with Gasteiger partial charge in [0.2, 0.25) is 0 Å². The first-order valence-corrected chi connectivity index (χ1v) is 6.42. The van der Waals surface area contributed by atoms with Crippen molar-refractivity contribution < 1.29 is 14.3 Å². The lowest BCUT2D eigenvalue weighted by Gasteiger charge is -2.12. The summed E-state index contributed by atoms with van der Waals surface area (Å²) in [5.74, 6) is 0.899. The average molecular weight is 302 g/mol. The van der Waals surface area contributed by atoms with Crippen LogP contribution in [0.25, 0.3) is 0 Å². The van der Waals surface area contributed by atoms with E-state index in [0.29, 0.717) is 24.0 Å². The van der Waals surface area contributed by atoms with E-state index in [4.69, 9.17) is 9.47 Å². The quantitative estimate of drug-likeness (QED) is 0.849. The first-order chi connectivity index (χ1) is 8.17. The fourth-order valence-corrected chi connectivity index (χ4v) is 1.34. The normalized spacial score (nSPS) is 11.7. The predicted octanol–water partition coefficient (Wildman–Crippen LogP) is 3.27. The van der Waals surface area contributed by atoms with Crippen molar-refractivity contribution in [2.75, 3.05) is 24.4 Å². The monoisotopic (exact) mass is 301 g/mol. The SMILES string of the molecule is COc1ccccc1NC(=O)OCC(C)CBr. The Kier molecular flexibility index (Phi) is 5.83. The van der Waals surface area contributed by atoms with Crippen LogP contribution in [0.15, 0.2) is 24.3 Å². The number of carbonyl (C=O) groups excluding carboxylic acids is 1. The highest BCUT2D eigenvalue weighted by Gasteiger charge is 2.09. The molecule has 1 N–H and O–H groups in total. The Hall–Kier alpha value is -1.23. The lowest BCUT2D eigenvalue weighted by molar-refractivity contribution is 0.148. The van der Waals surface area contributed by atoms with Crippen LogP contribution < -0.4 is 10.1 Å². The summed E-state index contributed by atoms with van der Waals surface area (Å²) < 4.78 is 10.2. The van der Waals surface area contributed by atoms with E-state index in [9.17, 15) is 4.79 Å². The number of nitrogens with one attached hydrogen (secondary N) is 1. The van der Waals surface area contributed by atoms with Gasteiger partial charge in [0, 0.05) is 11.2 Å². The summed E-state index contributed by atoms with van der Waals surface area (Å²) in [7, 11) is 1.55. The minimum absolute atomic E-state index is 0.290. The molecule has 0 radical (unpaired) electrons. The molecule has 0 aromatic heterocycles. The van der Waals surface area contributed by atoms with Crippen molar-refractivity contribution in [3.63, 3.8) is 0 Å².